The zero-order valence-corrected chi connectivity index (χ0v) is 19.1. The highest BCUT2D eigenvalue weighted by atomic mass is 35.5. The molecule has 0 fully saturated rings. The lowest BCUT2D eigenvalue weighted by Crippen LogP contribution is -2.24. The van der Waals surface area contributed by atoms with Crippen LogP contribution in [0.2, 0.25) is 5.02 Å². The normalized spacial score (nSPS) is 11.2. The summed E-state index contributed by atoms with van der Waals surface area (Å²) in [5.41, 5.74) is 2.38. The van der Waals surface area contributed by atoms with Crippen molar-refractivity contribution in [1.29, 1.82) is 0 Å². The number of ketones is 1. The number of allylic oxidation sites excluding steroid dienone is 1. The molecule has 4 nitrogen and oxygen atoms in total. The van der Waals surface area contributed by atoms with Crippen LogP contribution in [0.25, 0.3) is 0 Å². The Balaban J connectivity index is 0.00000218. The number of carbonyl (C=O) groups is 1. The van der Waals surface area contributed by atoms with E-state index in [-0.39, 0.29) is 29.9 Å². The number of halogens is 2. The Morgan fingerprint density at radius 2 is 1.97 bits per heavy atom. The Morgan fingerprint density at radius 1 is 1.30 bits per heavy atom. The van der Waals surface area contributed by atoms with Gasteiger partial charge in [-0.15, -0.1) is 0 Å². The van der Waals surface area contributed by atoms with Crippen molar-refractivity contribution in [2.24, 2.45) is 0 Å². The lowest BCUT2D eigenvalue weighted by Gasteiger charge is -2.21. The molecule has 0 heterocycles. The number of aliphatic hydroxyl groups is 1. The predicted octanol–water partition coefficient (Wildman–Crippen LogP) is 6.05. The number of anilines is 1. The fourth-order valence-electron chi connectivity index (χ4n) is 2.88. The van der Waals surface area contributed by atoms with Crippen LogP contribution in [0.1, 0.15) is 55.6 Å². The number of ether oxygens (including phenoxy) is 1. The Hall–Kier alpha value is -2.37. The van der Waals surface area contributed by atoms with Gasteiger partial charge in [-0.25, -0.2) is 4.39 Å². The van der Waals surface area contributed by atoms with Gasteiger partial charge in [0.25, 0.3) is 0 Å². The zero-order chi connectivity index (χ0) is 22.8. The number of rotatable bonds is 9. The molecular weight excluding hydrogens is 405 g/mol. The van der Waals surface area contributed by atoms with Crippen LogP contribution < -0.4 is 10.1 Å². The van der Waals surface area contributed by atoms with E-state index in [1.807, 2.05) is 20.8 Å². The van der Waals surface area contributed by atoms with E-state index in [0.717, 1.165) is 0 Å². The van der Waals surface area contributed by atoms with Crippen LogP contribution in [0.5, 0.6) is 5.75 Å². The minimum Gasteiger partial charge on any atom is -0.496 e. The fourth-order valence-corrected chi connectivity index (χ4v) is 3.07. The first-order valence-electron chi connectivity index (χ1n) is 10.0. The van der Waals surface area contributed by atoms with Crippen LogP contribution in [-0.4, -0.2) is 30.6 Å². The van der Waals surface area contributed by atoms with Gasteiger partial charge in [0.05, 0.1) is 18.7 Å². The van der Waals surface area contributed by atoms with E-state index in [1.165, 1.54) is 13.2 Å². The lowest BCUT2D eigenvalue weighted by atomic mass is 9.96. The first-order valence-corrected chi connectivity index (χ1v) is 10.4. The standard InChI is InChI=1S/C22H25ClFNO3.C2H6/c1-5-16(12-26)25-19-11-20(28-4)15(10-17(19)22(27)13(2)3)9-14-7-6-8-18(23)21(14)24;1-2/h6-8,10-11,16,25-26H,2,5,9,12H2,1,3-4H3;1-2H3/t16-;/m0./s1. The Labute approximate surface area is 183 Å². The van der Waals surface area contributed by atoms with Gasteiger partial charge in [-0.3, -0.25) is 4.79 Å². The molecule has 2 aromatic rings. The third kappa shape index (κ3) is 6.31. The molecule has 2 N–H and O–H groups in total. The number of methoxy groups -OCH3 is 1. The van der Waals surface area contributed by atoms with Gasteiger partial charge >= 0.3 is 0 Å². The number of carbonyl (C=O) groups excluding carboxylic acids is 1. The highest BCUT2D eigenvalue weighted by Gasteiger charge is 2.20. The number of benzene rings is 2. The number of hydrogen-bond donors (Lipinski definition) is 2. The van der Waals surface area contributed by atoms with E-state index in [2.05, 4.69) is 11.9 Å². The summed E-state index contributed by atoms with van der Waals surface area (Å²) in [5.74, 6) is -0.216. The van der Waals surface area contributed by atoms with E-state index in [0.29, 0.717) is 40.1 Å². The molecule has 0 bridgehead atoms. The second-order valence-electron chi connectivity index (χ2n) is 6.64. The molecule has 164 valence electrons. The number of nitrogens with one attached hydrogen (secondary N) is 1. The summed E-state index contributed by atoms with van der Waals surface area (Å²) in [7, 11) is 1.51. The molecule has 0 radical (unpaired) electrons. The average molecular weight is 436 g/mol. The van der Waals surface area contributed by atoms with Crippen LogP contribution in [0.4, 0.5) is 10.1 Å². The second kappa shape index (κ2) is 12.4. The molecule has 2 aromatic carbocycles. The number of hydrogen-bond acceptors (Lipinski definition) is 4. The van der Waals surface area contributed by atoms with Crippen molar-refractivity contribution in [2.75, 3.05) is 19.0 Å². The Kier molecular flexibility index (Phi) is 10.6. The van der Waals surface area contributed by atoms with Crippen molar-refractivity contribution in [3.05, 3.63) is 70.0 Å². The van der Waals surface area contributed by atoms with Gasteiger partial charge in [-0.1, -0.05) is 51.1 Å². The van der Waals surface area contributed by atoms with Crippen LogP contribution in [0.3, 0.4) is 0 Å². The molecule has 0 unspecified atom stereocenters. The molecule has 0 aliphatic heterocycles. The largest absolute Gasteiger partial charge is 0.496 e. The zero-order valence-electron chi connectivity index (χ0n) is 18.3. The molecule has 1 atom stereocenters. The highest BCUT2D eigenvalue weighted by Crippen LogP contribution is 2.32. The van der Waals surface area contributed by atoms with E-state index < -0.39 is 5.82 Å². The van der Waals surface area contributed by atoms with Gasteiger partial charge in [-0.2, -0.15) is 0 Å². The summed E-state index contributed by atoms with van der Waals surface area (Å²) in [4.78, 5) is 12.7. The summed E-state index contributed by atoms with van der Waals surface area (Å²) in [5, 5.41) is 12.7. The van der Waals surface area contributed by atoms with Crippen LogP contribution in [-0.2, 0) is 6.42 Å². The topological polar surface area (TPSA) is 58.6 Å². The smallest absolute Gasteiger partial charge is 0.190 e. The summed E-state index contributed by atoms with van der Waals surface area (Å²) in [6, 6.07) is 7.98. The minimum absolute atomic E-state index is 0.0433. The van der Waals surface area contributed by atoms with Crippen molar-refractivity contribution < 1.29 is 19.0 Å². The van der Waals surface area contributed by atoms with Gasteiger partial charge in [0, 0.05) is 29.8 Å². The van der Waals surface area contributed by atoms with Crippen LogP contribution >= 0.6 is 11.6 Å². The van der Waals surface area contributed by atoms with Gasteiger partial charge in [0.15, 0.2) is 5.78 Å². The Morgan fingerprint density at radius 3 is 2.50 bits per heavy atom. The van der Waals surface area contributed by atoms with E-state index in [9.17, 15) is 14.3 Å². The SMILES string of the molecule is C=C(C)C(=O)c1cc(Cc2cccc(Cl)c2F)c(OC)cc1N[C@@H](CC)CO.CC. The summed E-state index contributed by atoms with van der Waals surface area (Å²) in [6.07, 6.45) is 0.887. The Bertz CT molecular complexity index is 879. The van der Waals surface area contributed by atoms with Gasteiger partial charge in [0.1, 0.15) is 11.6 Å². The molecule has 30 heavy (non-hydrogen) atoms. The van der Waals surface area contributed by atoms with Crippen molar-refractivity contribution in [3.63, 3.8) is 0 Å². The minimum atomic E-state index is -0.493. The second-order valence-corrected chi connectivity index (χ2v) is 7.05. The highest BCUT2D eigenvalue weighted by molar-refractivity contribution is 6.30. The predicted molar refractivity (Wildman–Crippen MR) is 122 cm³/mol. The first-order chi connectivity index (χ1) is 14.3. The molecule has 0 saturated heterocycles. The molecule has 0 aromatic heterocycles. The third-order valence-electron chi connectivity index (χ3n) is 4.54. The molecule has 0 aliphatic rings. The van der Waals surface area contributed by atoms with E-state index in [1.54, 1.807) is 31.2 Å². The van der Waals surface area contributed by atoms with Gasteiger partial charge in [0.2, 0.25) is 0 Å². The molecule has 0 amide bonds. The molecule has 0 aliphatic carbocycles. The monoisotopic (exact) mass is 435 g/mol. The molecule has 6 heteroatoms. The summed E-state index contributed by atoms with van der Waals surface area (Å²) >= 11 is 5.89. The summed E-state index contributed by atoms with van der Waals surface area (Å²) < 4.78 is 19.8. The maximum absolute atomic E-state index is 14.4. The van der Waals surface area contributed by atoms with Crippen molar-refractivity contribution in [2.45, 2.75) is 46.6 Å². The maximum atomic E-state index is 14.4. The number of aliphatic hydroxyl groups excluding tert-OH is 1. The van der Waals surface area contributed by atoms with E-state index in [4.69, 9.17) is 16.3 Å². The van der Waals surface area contributed by atoms with Crippen LogP contribution in [0, 0.1) is 5.82 Å². The molecule has 0 saturated carbocycles. The lowest BCUT2D eigenvalue weighted by molar-refractivity contribution is 0.103. The van der Waals surface area contributed by atoms with Gasteiger partial charge < -0.3 is 15.2 Å². The molecule has 2 rings (SSSR count). The fraction of sp³-hybridized carbons (Fsp3) is 0.375. The van der Waals surface area contributed by atoms with Crippen LogP contribution in [0.15, 0.2) is 42.5 Å². The average Bonchev–Trinajstić information content (AvgIpc) is 2.76. The third-order valence-corrected chi connectivity index (χ3v) is 4.83. The van der Waals surface area contributed by atoms with E-state index >= 15 is 0 Å². The van der Waals surface area contributed by atoms with Gasteiger partial charge in [-0.05, 0) is 42.2 Å². The molecule has 0 spiro atoms. The quantitative estimate of drug-likeness (QED) is 0.372. The first kappa shape index (κ1) is 25.7. The van der Waals surface area contributed by atoms with Crippen molar-refractivity contribution >= 4 is 23.1 Å². The van der Waals surface area contributed by atoms with Crippen molar-refractivity contribution in [3.8, 4) is 5.75 Å². The maximum Gasteiger partial charge on any atom is 0.190 e. The molecular formula is C24H31ClFNO3. The number of Topliss-reactive ketones (excluding diaryl/α,β-unsaturated/α-hetero) is 1. The summed E-state index contributed by atoms with van der Waals surface area (Å²) in [6.45, 7) is 11.2. The van der Waals surface area contributed by atoms with Crippen molar-refractivity contribution in [1.82, 2.24) is 0 Å².